The Morgan fingerprint density at radius 1 is 1.47 bits per heavy atom. The summed E-state index contributed by atoms with van der Waals surface area (Å²) in [6, 6.07) is 0. The van der Waals surface area contributed by atoms with Crippen LogP contribution >= 0.6 is 11.3 Å². The minimum atomic E-state index is 0.344. The SMILES string of the molecule is Cc1cscc1-c1noc(C(C)C2CNC2)n1. The molecule has 1 unspecified atom stereocenters. The van der Waals surface area contributed by atoms with Gasteiger partial charge in [0, 0.05) is 16.9 Å². The molecule has 1 fully saturated rings. The highest BCUT2D eigenvalue weighted by Crippen LogP contribution is 2.29. The second kappa shape index (κ2) is 4.23. The number of rotatable bonds is 3. The quantitative estimate of drug-likeness (QED) is 0.907. The summed E-state index contributed by atoms with van der Waals surface area (Å²) < 4.78 is 5.38. The van der Waals surface area contributed by atoms with Gasteiger partial charge in [0.2, 0.25) is 11.7 Å². The molecule has 1 atom stereocenters. The van der Waals surface area contributed by atoms with E-state index < -0.39 is 0 Å². The third-order valence-corrected chi connectivity index (χ3v) is 4.31. The van der Waals surface area contributed by atoms with Crippen LogP contribution in [-0.4, -0.2) is 23.2 Å². The van der Waals surface area contributed by atoms with Crippen molar-refractivity contribution in [2.24, 2.45) is 5.92 Å². The minimum absolute atomic E-state index is 0.344. The van der Waals surface area contributed by atoms with E-state index in [1.165, 1.54) is 5.56 Å². The molecular weight excluding hydrogens is 234 g/mol. The highest BCUT2D eigenvalue weighted by Gasteiger charge is 2.29. The Morgan fingerprint density at radius 3 is 2.88 bits per heavy atom. The van der Waals surface area contributed by atoms with Crippen LogP contribution in [-0.2, 0) is 0 Å². The van der Waals surface area contributed by atoms with E-state index in [1.54, 1.807) is 11.3 Å². The fourth-order valence-corrected chi connectivity index (χ4v) is 2.81. The molecule has 1 aliphatic heterocycles. The molecule has 0 aromatic carbocycles. The van der Waals surface area contributed by atoms with Crippen LogP contribution in [0.1, 0.15) is 24.3 Å². The first kappa shape index (κ1) is 10.9. The Balaban J connectivity index is 1.85. The van der Waals surface area contributed by atoms with Crippen LogP contribution in [0.4, 0.5) is 0 Å². The van der Waals surface area contributed by atoms with Crippen LogP contribution in [0.5, 0.6) is 0 Å². The lowest BCUT2D eigenvalue weighted by atomic mass is 9.89. The van der Waals surface area contributed by atoms with Crippen LogP contribution in [0, 0.1) is 12.8 Å². The van der Waals surface area contributed by atoms with E-state index in [9.17, 15) is 0 Å². The van der Waals surface area contributed by atoms with Gasteiger partial charge < -0.3 is 9.84 Å². The number of hydrogen-bond acceptors (Lipinski definition) is 5. The summed E-state index contributed by atoms with van der Waals surface area (Å²) in [4.78, 5) is 4.52. The van der Waals surface area contributed by atoms with Crippen molar-refractivity contribution in [3.05, 3.63) is 22.2 Å². The first-order chi connectivity index (χ1) is 8.25. The molecule has 1 N–H and O–H groups in total. The molecule has 2 aromatic rings. The zero-order valence-electron chi connectivity index (χ0n) is 9.93. The molecule has 3 rings (SSSR count). The third-order valence-electron chi connectivity index (χ3n) is 3.45. The highest BCUT2D eigenvalue weighted by atomic mass is 32.1. The fourth-order valence-electron chi connectivity index (χ4n) is 1.99. The summed E-state index contributed by atoms with van der Waals surface area (Å²) in [6.45, 7) is 6.33. The largest absolute Gasteiger partial charge is 0.339 e. The van der Waals surface area contributed by atoms with E-state index in [2.05, 4.69) is 40.1 Å². The van der Waals surface area contributed by atoms with Crippen molar-refractivity contribution in [3.8, 4) is 11.4 Å². The van der Waals surface area contributed by atoms with E-state index >= 15 is 0 Å². The molecule has 0 aliphatic carbocycles. The summed E-state index contributed by atoms with van der Waals surface area (Å²) in [6.07, 6.45) is 0. The van der Waals surface area contributed by atoms with Crippen LogP contribution in [0.15, 0.2) is 15.3 Å². The number of nitrogens with zero attached hydrogens (tertiary/aromatic N) is 2. The first-order valence-electron chi connectivity index (χ1n) is 5.83. The van der Waals surface area contributed by atoms with Gasteiger partial charge in [-0.3, -0.25) is 0 Å². The summed E-state index contributed by atoms with van der Waals surface area (Å²) in [7, 11) is 0. The Morgan fingerprint density at radius 2 is 2.29 bits per heavy atom. The average Bonchev–Trinajstić information content (AvgIpc) is 2.82. The third kappa shape index (κ3) is 1.89. The van der Waals surface area contributed by atoms with Crippen LogP contribution < -0.4 is 5.32 Å². The molecule has 0 saturated carbocycles. The maximum absolute atomic E-state index is 5.38. The molecule has 4 nitrogen and oxygen atoms in total. The van der Waals surface area contributed by atoms with Gasteiger partial charge in [0.15, 0.2) is 0 Å². The van der Waals surface area contributed by atoms with Gasteiger partial charge in [-0.2, -0.15) is 16.3 Å². The number of thiophene rings is 1. The topological polar surface area (TPSA) is 51.0 Å². The van der Waals surface area contributed by atoms with Crippen molar-refractivity contribution < 1.29 is 4.52 Å². The lowest BCUT2D eigenvalue weighted by molar-refractivity contribution is 0.252. The lowest BCUT2D eigenvalue weighted by Gasteiger charge is -2.30. The van der Waals surface area contributed by atoms with Crippen LogP contribution in [0.3, 0.4) is 0 Å². The van der Waals surface area contributed by atoms with Crippen molar-refractivity contribution in [1.82, 2.24) is 15.5 Å². The molecule has 1 saturated heterocycles. The predicted molar refractivity (Wildman–Crippen MR) is 67.1 cm³/mol. The van der Waals surface area contributed by atoms with Gasteiger partial charge in [-0.15, -0.1) is 0 Å². The van der Waals surface area contributed by atoms with E-state index in [0.29, 0.717) is 11.8 Å². The van der Waals surface area contributed by atoms with Crippen molar-refractivity contribution in [2.45, 2.75) is 19.8 Å². The highest BCUT2D eigenvalue weighted by molar-refractivity contribution is 7.08. The van der Waals surface area contributed by atoms with Crippen LogP contribution in [0.2, 0.25) is 0 Å². The monoisotopic (exact) mass is 249 g/mol. The molecule has 5 heteroatoms. The van der Waals surface area contributed by atoms with Gasteiger partial charge in [0.1, 0.15) is 0 Å². The number of nitrogens with one attached hydrogen (secondary N) is 1. The maximum Gasteiger partial charge on any atom is 0.230 e. The van der Waals surface area contributed by atoms with E-state index in [1.807, 2.05) is 0 Å². The summed E-state index contributed by atoms with van der Waals surface area (Å²) >= 11 is 1.67. The molecule has 90 valence electrons. The zero-order chi connectivity index (χ0) is 11.8. The van der Waals surface area contributed by atoms with Crippen LogP contribution in [0.25, 0.3) is 11.4 Å². The van der Waals surface area contributed by atoms with E-state index in [4.69, 9.17) is 4.52 Å². The molecule has 0 radical (unpaired) electrons. The molecule has 0 amide bonds. The zero-order valence-corrected chi connectivity index (χ0v) is 10.8. The Hall–Kier alpha value is -1.20. The van der Waals surface area contributed by atoms with Gasteiger partial charge >= 0.3 is 0 Å². The summed E-state index contributed by atoms with van der Waals surface area (Å²) in [5, 5.41) is 11.5. The van der Waals surface area contributed by atoms with Gasteiger partial charge in [-0.05, 0) is 36.9 Å². The minimum Gasteiger partial charge on any atom is -0.339 e. The van der Waals surface area contributed by atoms with E-state index in [0.717, 1.165) is 30.4 Å². The smallest absolute Gasteiger partial charge is 0.230 e. The maximum atomic E-state index is 5.38. The molecule has 0 spiro atoms. The second-order valence-corrected chi connectivity index (χ2v) is 5.38. The van der Waals surface area contributed by atoms with Gasteiger partial charge in [-0.1, -0.05) is 12.1 Å². The normalized spacial score (nSPS) is 18.0. The second-order valence-electron chi connectivity index (χ2n) is 4.63. The molecule has 2 aromatic heterocycles. The number of hydrogen-bond donors (Lipinski definition) is 1. The number of aromatic nitrogens is 2. The number of aryl methyl sites for hydroxylation is 1. The van der Waals surface area contributed by atoms with Crippen molar-refractivity contribution in [1.29, 1.82) is 0 Å². The Labute approximate surface area is 104 Å². The lowest BCUT2D eigenvalue weighted by Crippen LogP contribution is -2.44. The van der Waals surface area contributed by atoms with Crippen molar-refractivity contribution in [2.75, 3.05) is 13.1 Å². The molecule has 1 aliphatic rings. The standard InChI is InChI=1S/C12H15N3OS/c1-7-5-17-6-10(7)11-14-12(16-15-11)8(2)9-3-13-4-9/h5-6,8-9,13H,3-4H2,1-2H3. The van der Waals surface area contributed by atoms with Gasteiger partial charge in [-0.25, -0.2) is 0 Å². The predicted octanol–water partition coefficient (Wildman–Crippen LogP) is 2.43. The molecule has 0 bridgehead atoms. The Kier molecular flexibility index (Phi) is 2.72. The summed E-state index contributed by atoms with van der Waals surface area (Å²) in [5.41, 5.74) is 2.30. The molecular formula is C12H15N3OS. The molecule has 3 heterocycles. The Bertz CT molecular complexity index is 515. The van der Waals surface area contributed by atoms with Gasteiger partial charge in [0.05, 0.1) is 0 Å². The van der Waals surface area contributed by atoms with E-state index in [-0.39, 0.29) is 0 Å². The average molecular weight is 249 g/mol. The first-order valence-corrected chi connectivity index (χ1v) is 6.77. The fraction of sp³-hybridized carbons (Fsp3) is 0.500. The molecule has 17 heavy (non-hydrogen) atoms. The van der Waals surface area contributed by atoms with Crippen molar-refractivity contribution >= 4 is 11.3 Å². The van der Waals surface area contributed by atoms with Gasteiger partial charge in [0.25, 0.3) is 0 Å². The summed E-state index contributed by atoms with van der Waals surface area (Å²) in [5.74, 6) is 2.46. The van der Waals surface area contributed by atoms with Crippen molar-refractivity contribution in [3.63, 3.8) is 0 Å².